The normalized spacial score (nSPS) is 15.0. The van der Waals surface area contributed by atoms with E-state index < -0.39 is 5.97 Å². The Labute approximate surface area is 167 Å². The zero-order valence-corrected chi connectivity index (χ0v) is 16.8. The largest absolute Gasteiger partial charge is 0.489 e. The molecular weight excluding hydrogens is 497 g/mol. The summed E-state index contributed by atoms with van der Waals surface area (Å²) in [6.45, 7) is 4.02. The van der Waals surface area contributed by atoms with Gasteiger partial charge in [-0.05, 0) is 68.9 Å². The minimum absolute atomic E-state index is 0.235. The predicted molar refractivity (Wildman–Crippen MR) is 110 cm³/mol. The van der Waals surface area contributed by atoms with Crippen molar-refractivity contribution in [3.8, 4) is 5.75 Å². The lowest BCUT2D eigenvalue weighted by Crippen LogP contribution is -2.05. The van der Waals surface area contributed by atoms with E-state index >= 15 is 0 Å². The lowest BCUT2D eigenvalue weighted by atomic mass is 10.1. The number of hydrogen-bond acceptors (Lipinski definition) is 4. The van der Waals surface area contributed by atoms with Crippen LogP contribution in [0.1, 0.15) is 11.1 Å². The lowest BCUT2D eigenvalue weighted by molar-refractivity contribution is -0.129. The van der Waals surface area contributed by atoms with Gasteiger partial charge in [-0.1, -0.05) is 30.9 Å². The highest BCUT2D eigenvalue weighted by atomic mass is 127. The third-order valence-corrected chi connectivity index (χ3v) is 5.69. The van der Waals surface area contributed by atoms with E-state index in [-0.39, 0.29) is 11.6 Å². The van der Waals surface area contributed by atoms with Gasteiger partial charge in [0.25, 0.3) is 0 Å². The highest BCUT2D eigenvalue weighted by molar-refractivity contribution is 14.1. The summed E-state index contributed by atoms with van der Waals surface area (Å²) in [4.78, 5) is 16.5. The van der Waals surface area contributed by atoms with Crippen LogP contribution in [-0.2, 0) is 9.53 Å². The lowest BCUT2D eigenvalue weighted by Gasteiger charge is -2.06. The molecule has 1 heterocycles. The molecule has 0 spiro atoms. The van der Waals surface area contributed by atoms with E-state index in [1.165, 1.54) is 0 Å². The molecule has 0 fully saturated rings. The quantitative estimate of drug-likeness (QED) is 0.247. The monoisotopic (exact) mass is 509 g/mol. The first-order chi connectivity index (χ1) is 12.1. The first-order valence-electron chi connectivity index (χ1n) is 7.39. The number of benzene rings is 2. The van der Waals surface area contributed by atoms with Crippen molar-refractivity contribution in [1.82, 2.24) is 0 Å². The molecule has 3 rings (SSSR count). The molecule has 0 saturated carbocycles. The summed E-state index contributed by atoms with van der Waals surface area (Å²) in [5, 5.41) is 0. The van der Waals surface area contributed by atoms with Crippen molar-refractivity contribution in [2.75, 3.05) is 6.61 Å². The topological polar surface area (TPSA) is 47.9 Å². The fraction of sp³-hybridized carbons (Fsp3) is 0.0526. The Balaban J connectivity index is 1.93. The van der Waals surface area contributed by atoms with Gasteiger partial charge in [-0.25, -0.2) is 9.79 Å². The van der Waals surface area contributed by atoms with E-state index in [1.807, 2.05) is 42.5 Å². The molecule has 4 nitrogen and oxygen atoms in total. The number of aliphatic imine (C=N–C) groups is 1. The van der Waals surface area contributed by atoms with E-state index in [4.69, 9.17) is 9.47 Å². The predicted octanol–water partition coefficient (Wildman–Crippen LogP) is 4.96. The van der Waals surface area contributed by atoms with Gasteiger partial charge >= 0.3 is 5.97 Å². The van der Waals surface area contributed by atoms with Crippen LogP contribution in [0.4, 0.5) is 0 Å². The Morgan fingerprint density at radius 3 is 2.84 bits per heavy atom. The number of rotatable bonds is 5. The standard InChI is InChI=1S/C19H13BrINO3/c1-2-9-24-17-6-4-3-5-12(17)11-16-19(23)25-18(22-16)13-7-8-15(21)14(20)10-13/h2-8,10-11H,1,9H2/b16-11-. The number of carbonyl (C=O) groups excluding carboxylic acids is 1. The Hall–Kier alpha value is -1.93. The molecule has 2 aromatic carbocycles. The summed E-state index contributed by atoms with van der Waals surface area (Å²) in [7, 11) is 0. The number of halogens is 2. The minimum atomic E-state index is -0.483. The van der Waals surface area contributed by atoms with Crippen molar-refractivity contribution in [2.45, 2.75) is 0 Å². The summed E-state index contributed by atoms with van der Waals surface area (Å²) in [6.07, 6.45) is 3.33. The fourth-order valence-electron chi connectivity index (χ4n) is 2.19. The van der Waals surface area contributed by atoms with Gasteiger partial charge in [0.05, 0.1) is 0 Å². The maximum absolute atomic E-state index is 12.2. The Morgan fingerprint density at radius 2 is 2.08 bits per heavy atom. The zero-order chi connectivity index (χ0) is 17.8. The average Bonchev–Trinajstić information content (AvgIpc) is 2.97. The van der Waals surface area contributed by atoms with Crippen LogP contribution in [0.15, 0.2) is 70.3 Å². The van der Waals surface area contributed by atoms with E-state index in [0.717, 1.165) is 19.2 Å². The summed E-state index contributed by atoms with van der Waals surface area (Å²) in [5.41, 5.74) is 1.73. The molecule has 1 aliphatic heterocycles. The first-order valence-corrected chi connectivity index (χ1v) is 9.26. The smallest absolute Gasteiger partial charge is 0.363 e. The molecule has 0 bridgehead atoms. The van der Waals surface area contributed by atoms with Crippen molar-refractivity contribution in [2.24, 2.45) is 4.99 Å². The van der Waals surface area contributed by atoms with Gasteiger partial charge in [0.15, 0.2) is 5.70 Å². The van der Waals surface area contributed by atoms with Gasteiger partial charge in [0.1, 0.15) is 12.4 Å². The molecule has 0 saturated heterocycles. The van der Waals surface area contributed by atoms with Crippen molar-refractivity contribution in [3.63, 3.8) is 0 Å². The second-order valence-electron chi connectivity index (χ2n) is 5.10. The molecule has 0 aliphatic carbocycles. The van der Waals surface area contributed by atoms with Gasteiger partial charge < -0.3 is 9.47 Å². The number of carbonyl (C=O) groups is 1. The van der Waals surface area contributed by atoms with Crippen LogP contribution in [0.3, 0.4) is 0 Å². The molecule has 0 unspecified atom stereocenters. The number of ether oxygens (including phenoxy) is 2. The zero-order valence-electron chi connectivity index (χ0n) is 13.0. The van der Waals surface area contributed by atoms with E-state index in [1.54, 1.807) is 12.2 Å². The second-order valence-corrected chi connectivity index (χ2v) is 7.12. The summed E-state index contributed by atoms with van der Waals surface area (Å²) < 4.78 is 12.9. The summed E-state index contributed by atoms with van der Waals surface area (Å²) >= 11 is 5.68. The molecule has 1 aliphatic rings. The van der Waals surface area contributed by atoms with Crippen LogP contribution in [0, 0.1) is 3.57 Å². The molecule has 0 aromatic heterocycles. The highest BCUT2D eigenvalue weighted by Gasteiger charge is 2.24. The maximum Gasteiger partial charge on any atom is 0.363 e. The van der Waals surface area contributed by atoms with Crippen molar-refractivity contribution in [1.29, 1.82) is 0 Å². The molecular formula is C19H13BrINO3. The number of hydrogen-bond donors (Lipinski definition) is 0. The number of para-hydroxylation sites is 1. The van der Waals surface area contributed by atoms with Gasteiger partial charge in [-0.3, -0.25) is 0 Å². The summed E-state index contributed by atoms with van der Waals surface area (Å²) in [6, 6.07) is 13.1. The third kappa shape index (κ3) is 4.19. The number of esters is 1. The van der Waals surface area contributed by atoms with E-state index in [9.17, 15) is 4.79 Å². The van der Waals surface area contributed by atoms with Crippen LogP contribution >= 0.6 is 38.5 Å². The van der Waals surface area contributed by atoms with Gasteiger partial charge in [0, 0.05) is 19.2 Å². The first kappa shape index (κ1) is 17.9. The molecule has 25 heavy (non-hydrogen) atoms. The Kier molecular flexibility index (Phi) is 5.70. The SMILES string of the molecule is C=CCOc1ccccc1/C=C1\N=C(c2ccc(I)c(Br)c2)OC1=O. The molecule has 0 atom stereocenters. The number of cyclic esters (lactones) is 1. The maximum atomic E-state index is 12.2. The molecule has 0 N–H and O–H groups in total. The average molecular weight is 510 g/mol. The Bertz CT molecular complexity index is 905. The van der Waals surface area contributed by atoms with Crippen molar-refractivity contribution >= 4 is 56.5 Å². The molecule has 126 valence electrons. The molecule has 0 radical (unpaired) electrons. The minimum Gasteiger partial charge on any atom is -0.489 e. The van der Waals surface area contributed by atoms with Gasteiger partial charge in [-0.15, -0.1) is 0 Å². The highest BCUT2D eigenvalue weighted by Crippen LogP contribution is 2.26. The fourth-order valence-corrected chi connectivity index (χ4v) is 2.90. The van der Waals surface area contributed by atoms with Gasteiger partial charge in [-0.2, -0.15) is 0 Å². The summed E-state index contributed by atoms with van der Waals surface area (Å²) in [5.74, 6) is 0.462. The van der Waals surface area contributed by atoms with Crippen LogP contribution < -0.4 is 4.74 Å². The Morgan fingerprint density at radius 1 is 1.28 bits per heavy atom. The van der Waals surface area contributed by atoms with E-state index in [2.05, 4.69) is 50.1 Å². The number of nitrogens with zero attached hydrogens (tertiary/aromatic N) is 1. The van der Waals surface area contributed by atoms with E-state index in [0.29, 0.717) is 12.4 Å². The van der Waals surface area contributed by atoms with Crippen LogP contribution in [0.5, 0.6) is 5.75 Å². The van der Waals surface area contributed by atoms with Crippen LogP contribution in [0.25, 0.3) is 6.08 Å². The second kappa shape index (κ2) is 7.97. The van der Waals surface area contributed by atoms with Crippen LogP contribution in [-0.4, -0.2) is 18.5 Å². The van der Waals surface area contributed by atoms with Crippen LogP contribution in [0.2, 0.25) is 0 Å². The van der Waals surface area contributed by atoms with Crippen molar-refractivity contribution < 1.29 is 14.3 Å². The molecule has 0 amide bonds. The molecule has 6 heteroatoms. The van der Waals surface area contributed by atoms with Gasteiger partial charge in [0.2, 0.25) is 5.90 Å². The molecule has 2 aromatic rings. The third-order valence-electron chi connectivity index (χ3n) is 3.35. The van der Waals surface area contributed by atoms with Crippen molar-refractivity contribution in [3.05, 3.63) is 80.0 Å².